The first-order valence-electron chi connectivity index (χ1n) is 7.39. The van der Waals surface area contributed by atoms with Crippen LogP contribution in [0.2, 0.25) is 0 Å². The summed E-state index contributed by atoms with van der Waals surface area (Å²) >= 11 is 0. The van der Waals surface area contributed by atoms with Crippen LogP contribution in [0.15, 0.2) is 67.3 Å². The Hall–Kier alpha value is -2.59. The molecule has 4 heteroatoms. The molecule has 0 saturated heterocycles. The quantitative estimate of drug-likeness (QED) is 0.437. The van der Waals surface area contributed by atoms with Crippen LogP contribution in [0.25, 0.3) is 11.1 Å². The minimum atomic E-state index is -0.723. The minimum Gasteiger partial charge on any atom is -0.464 e. The van der Waals surface area contributed by atoms with Gasteiger partial charge in [-0.15, -0.1) is 0 Å². The smallest absolute Gasteiger partial charge is 0.332 e. The van der Waals surface area contributed by atoms with E-state index in [0.29, 0.717) is 5.75 Å². The van der Waals surface area contributed by atoms with Crippen LogP contribution in [0.3, 0.4) is 0 Å². The number of hydrogen-bond acceptors (Lipinski definition) is 4. The maximum Gasteiger partial charge on any atom is 0.332 e. The zero-order chi connectivity index (χ0) is 16.7. The van der Waals surface area contributed by atoms with Crippen LogP contribution in [0.4, 0.5) is 0 Å². The van der Waals surface area contributed by atoms with Gasteiger partial charge in [-0.1, -0.05) is 55.1 Å². The number of rotatable bonds is 7. The van der Waals surface area contributed by atoms with Crippen LogP contribution in [-0.2, 0) is 14.3 Å². The van der Waals surface area contributed by atoms with Crippen molar-refractivity contribution in [2.24, 2.45) is 0 Å². The summed E-state index contributed by atoms with van der Waals surface area (Å²) in [6.07, 6.45) is -0.206. The zero-order valence-electron chi connectivity index (χ0n) is 13.3. The summed E-state index contributed by atoms with van der Waals surface area (Å²) in [5, 5.41) is 0. The SMILES string of the molecule is C=CC(=O)OC(C)OC(C)Oc1ccccc1-c1ccccc1. The Kier molecular flexibility index (Phi) is 5.94. The molecule has 0 aliphatic heterocycles. The first-order chi connectivity index (χ1) is 11.1. The number of ether oxygens (including phenoxy) is 3. The predicted molar refractivity (Wildman–Crippen MR) is 88.8 cm³/mol. The van der Waals surface area contributed by atoms with Gasteiger partial charge in [0.25, 0.3) is 0 Å². The van der Waals surface area contributed by atoms with Gasteiger partial charge in [-0.3, -0.25) is 0 Å². The van der Waals surface area contributed by atoms with Gasteiger partial charge in [0.1, 0.15) is 5.75 Å². The van der Waals surface area contributed by atoms with Crippen LogP contribution in [-0.4, -0.2) is 18.5 Å². The fourth-order valence-electron chi connectivity index (χ4n) is 2.14. The zero-order valence-corrected chi connectivity index (χ0v) is 13.3. The van der Waals surface area contributed by atoms with Gasteiger partial charge < -0.3 is 14.2 Å². The second-order valence-electron chi connectivity index (χ2n) is 4.89. The Morgan fingerprint density at radius 3 is 2.35 bits per heavy atom. The molecule has 0 aromatic heterocycles. The normalized spacial score (nSPS) is 13.0. The number of hydrogen-bond donors (Lipinski definition) is 0. The monoisotopic (exact) mass is 312 g/mol. The summed E-state index contributed by atoms with van der Waals surface area (Å²) < 4.78 is 16.3. The van der Waals surface area contributed by atoms with Gasteiger partial charge in [0.05, 0.1) is 0 Å². The molecule has 0 N–H and O–H groups in total. The van der Waals surface area contributed by atoms with Crippen molar-refractivity contribution in [1.29, 1.82) is 0 Å². The van der Waals surface area contributed by atoms with Crippen LogP contribution in [0, 0.1) is 0 Å². The third-order valence-electron chi connectivity index (χ3n) is 3.10. The van der Waals surface area contributed by atoms with E-state index in [1.54, 1.807) is 13.8 Å². The van der Waals surface area contributed by atoms with E-state index in [2.05, 4.69) is 6.58 Å². The van der Waals surface area contributed by atoms with Crippen molar-refractivity contribution in [1.82, 2.24) is 0 Å². The van der Waals surface area contributed by atoms with Crippen molar-refractivity contribution in [2.75, 3.05) is 0 Å². The van der Waals surface area contributed by atoms with E-state index in [0.717, 1.165) is 17.2 Å². The van der Waals surface area contributed by atoms with E-state index < -0.39 is 18.5 Å². The van der Waals surface area contributed by atoms with E-state index in [-0.39, 0.29) is 0 Å². The molecule has 120 valence electrons. The lowest BCUT2D eigenvalue weighted by molar-refractivity contribution is -0.204. The highest BCUT2D eigenvalue weighted by atomic mass is 16.8. The summed E-state index contributed by atoms with van der Waals surface area (Å²) in [4.78, 5) is 11.1. The lowest BCUT2D eigenvalue weighted by atomic mass is 10.1. The third-order valence-corrected chi connectivity index (χ3v) is 3.10. The molecule has 0 bridgehead atoms. The lowest BCUT2D eigenvalue weighted by Gasteiger charge is -2.21. The summed E-state index contributed by atoms with van der Waals surface area (Å²) in [6.45, 7) is 6.72. The number of para-hydroxylation sites is 1. The molecule has 0 radical (unpaired) electrons. The molecule has 2 atom stereocenters. The van der Waals surface area contributed by atoms with Crippen LogP contribution >= 0.6 is 0 Å². The Morgan fingerprint density at radius 2 is 1.65 bits per heavy atom. The maximum atomic E-state index is 11.1. The first-order valence-corrected chi connectivity index (χ1v) is 7.39. The summed E-state index contributed by atoms with van der Waals surface area (Å²) in [6, 6.07) is 17.7. The molecule has 0 heterocycles. The van der Waals surface area contributed by atoms with Gasteiger partial charge in [0.2, 0.25) is 12.6 Å². The molecule has 0 fully saturated rings. The molecular weight excluding hydrogens is 292 g/mol. The molecule has 2 aromatic rings. The van der Waals surface area contributed by atoms with Gasteiger partial charge in [0, 0.05) is 11.6 Å². The van der Waals surface area contributed by atoms with Gasteiger partial charge >= 0.3 is 5.97 Å². The lowest BCUT2D eigenvalue weighted by Crippen LogP contribution is -2.26. The van der Waals surface area contributed by atoms with Crippen molar-refractivity contribution >= 4 is 5.97 Å². The first kappa shape index (κ1) is 16.8. The molecule has 4 nitrogen and oxygen atoms in total. The second-order valence-corrected chi connectivity index (χ2v) is 4.89. The fraction of sp³-hybridized carbons (Fsp3) is 0.211. The predicted octanol–water partition coefficient (Wildman–Crippen LogP) is 4.17. The van der Waals surface area contributed by atoms with Crippen molar-refractivity contribution in [3.05, 3.63) is 67.3 Å². The van der Waals surface area contributed by atoms with Crippen LogP contribution in [0.1, 0.15) is 13.8 Å². The van der Waals surface area contributed by atoms with Crippen LogP contribution in [0.5, 0.6) is 5.75 Å². The Labute approximate surface area is 136 Å². The summed E-state index contributed by atoms with van der Waals surface area (Å²) in [5.41, 5.74) is 2.03. The highest BCUT2D eigenvalue weighted by molar-refractivity contribution is 5.81. The molecular formula is C19H20O4. The average molecular weight is 312 g/mol. The van der Waals surface area contributed by atoms with E-state index in [1.165, 1.54) is 0 Å². The standard InChI is InChI=1S/C19H20O4/c1-4-19(20)23-15(3)21-14(2)22-18-13-9-8-12-17(18)16-10-6-5-7-11-16/h4-15H,1H2,2-3H3. The second kappa shape index (κ2) is 8.15. The molecule has 0 spiro atoms. The molecule has 2 rings (SSSR count). The van der Waals surface area contributed by atoms with Crippen molar-refractivity contribution in [3.8, 4) is 16.9 Å². The number of benzene rings is 2. The van der Waals surface area contributed by atoms with Gasteiger partial charge in [-0.2, -0.15) is 0 Å². The highest BCUT2D eigenvalue weighted by Gasteiger charge is 2.14. The molecule has 0 aliphatic rings. The average Bonchev–Trinajstić information content (AvgIpc) is 2.55. The van der Waals surface area contributed by atoms with Gasteiger partial charge in [-0.05, 0) is 25.5 Å². The van der Waals surface area contributed by atoms with Crippen LogP contribution < -0.4 is 4.74 Å². The third kappa shape index (κ3) is 4.97. The summed E-state index contributed by atoms with van der Waals surface area (Å²) in [7, 11) is 0. The number of carbonyl (C=O) groups is 1. The van der Waals surface area contributed by atoms with Crippen molar-refractivity contribution in [3.63, 3.8) is 0 Å². The van der Waals surface area contributed by atoms with E-state index in [1.807, 2.05) is 54.6 Å². The van der Waals surface area contributed by atoms with E-state index in [4.69, 9.17) is 14.2 Å². The fourth-order valence-corrected chi connectivity index (χ4v) is 2.14. The molecule has 23 heavy (non-hydrogen) atoms. The van der Waals surface area contributed by atoms with E-state index in [9.17, 15) is 4.79 Å². The molecule has 2 aromatic carbocycles. The highest BCUT2D eigenvalue weighted by Crippen LogP contribution is 2.30. The molecule has 0 aliphatic carbocycles. The van der Waals surface area contributed by atoms with Crippen molar-refractivity contribution in [2.45, 2.75) is 26.4 Å². The largest absolute Gasteiger partial charge is 0.464 e. The Balaban J connectivity index is 2.05. The van der Waals surface area contributed by atoms with Crippen molar-refractivity contribution < 1.29 is 19.0 Å². The van der Waals surface area contributed by atoms with E-state index >= 15 is 0 Å². The Morgan fingerprint density at radius 1 is 1.00 bits per heavy atom. The Bertz CT molecular complexity index is 651. The molecule has 0 amide bonds. The topological polar surface area (TPSA) is 44.8 Å². The minimum absolute atomic E-state index is 0.533. The number of esters is 1. The number of carbonyl (C=O) groups excluding carboxylic acids is 1. The summed E-state index contributed by atoms with van der Waals surface area (Å²) in [5.74, 6) is 0.169. The molecule has 0 saturated carbocycles. The molecule has 2 unspecified atom stereocenters. The van der Waals surface area contributed by atoms with Gasteiger partial charge in [-0.25, -0.2) is 4.79 Å². The maximum absolute atomic E-state index is 11.1. The van der Waals surface area contributed by atoms with Gasteiger partial charge in [0.15, 0.2) is 0 Å².